The molecular formula is C30H38OSi. The third-order valence-corrected chi connectivity index (χ3v) is 13.7. The molecule has 2 aromatic rings. The highest BCUT2D eigenvalue weighted by molar-refractivity contribution is 6.99. The van der Waals surface area contributed by atoms with Crippen LogP contribution in [0.4, 0.5) is 0 Å². The van der Waals surface area contributed by atoms with E-state index in [0.717, 1.165) is 6.61 Å². The lowest BCUT2D eigenvalue weighted by Gasteiger charge is -2.49. The van der Waals surface area contributed by atoms with E-state index in [1.54, 1.807) is 11.1 Å². The van der Waals surface area contributed by atoms with Crippen molar-refractivity contribution in [3.8, 4) is 0 Å². The van der Waals surface area contributed by atoms with Gasteiger partial charge in [-0.15, -0.1) is 0 Å². The smallest absolute Gasteiger partial charge is 0.261 e. The van der Waals surface area contributed by atoms with Crippen molar-refractivity contribution >= 4 is 18.7 Å². The van der Waals surface area contributed by atoms with Crippen LogP contribution in [-0.4, -0.2) is 14.9 Å². The van der Waals surface area contributed by atoms with E-state index in [9.17, 15) is 0 Å². The molecule has 0 bridgehead atoms. The number of rotatable bonds is 5. The van der Waals surface area contributed by atoms with Gasteiger partial charge in [0.1, 0.15) is 0 Å². The van der Waals surface area contributed by atoms with Gasteiger partial charge in [-0.05, 0) is 57.8 Å². The summed E-state index contributed by atoms with van der Waals surface area (Å²) in [5, 5.41) is 2.80. The van der Waals surface area contributed by atoms with E-state index in [-0.39, 0.29) is 10.5 Å². The van der Waals surface area contributed by atoms with E-state index in [0.29, 0.717) is 11.3 Å². The lowest BCUT2D eigenvalue weighted by molar-refractivity contribution is 0.119. The average molecular weight is 443 g/mol. The van der Waals surface area contributed by atoms with Gasteiger partial charge in [-0.1, -0.05) is 119 Å². The topological polar surface area (TPSA) is 9.23 Å². The van der Waals surface area contributed by atoms with Gasteiger partial charge in [-0.25, -0.2) is 0 Å². The Balaban J connectivity index is 1.49. The molecule has 32 heavy (non-hydrogen) atoms. The van der Waals surface area contributed by atoms with Crippen molar-refractivity contribution in [3.05, 3.63) is 84.0 Å². The first kappa shape index (κ1) is 21.9. The molecule has 3 aliphatic carbocycles. The zero-order valence-electron chi connectivity index (χ0n) is 20.4. The number of hydrogen-bond donors (Lipinski definition) is 0. The fraction of sp³-hybridized carbons (Fsp3) is 0.467. The zero-order chi connectivity index (χ0) is 22.6. The van der Waals surface area contributed by atoms with E-state index in [2.05, 4.69) is 107 Å². The summed E-state index contributed by atoms with van der Waals surface area (Å²) in [4.78, 5) is 0. The van der Waals surface area contributed by atoms with Gasteiger partial charge in [0.25, 0.3) is 8.32 Å². The Morgan fingerprint density at radius 2 is 1.50 bits per heavy atom. The fourth-order valence-corrected chi connectivity index (χ4v) is 11.5. The fourth-order valence-electron chi connectivity index (χ4n) is 6.82. The van der Waals surface area contributed by atoms with Crippen molar-refractivity contribution in [2.45, 2.75) is 65.3 Å². The molecule has 0 unspecified atom stereocenters. The largest absolute Gasteiger partial charge is 0.407 e. The van der Waals surface area contributed by atoms with Gasteiger partial charge >= 0.3 is 0 Å². The molecule has 0 aliphatic heterocycles. The molecule has 3 atom stereocenters. The first-order valence-corrected chi connectivity index (χ1v) is 14.2. The second-order valence-electron chi connectivity index (χ2n) is 12.0. The van der Waals surface area contributed by atoms with Crippen LogP contribution in [0.3, 0.4) is 0 Å². The van der Waals surface area contributed by atoms with Crippen molar-refractivity contribution in [2.24, 2.45) is 16.7 Å². The molecule has 0 radical (unpaired) electrons. The van der Waals surface area contributed by atoms with Gasteiger partial charge in [0.05, 0.1) is 0 Å². The first-order valence-electron chi connectivity index (χ1n) is 12.3. The minimum Gasteiger partial charge on any atom is -0.407 e. The molecule has 0 saturated heterocycles. The quantitative estimate of drug-likeness (QED) is 0.471. The van der Waals surface area contributed by atoms with Gasteiger partial charge in [-0.3, -0.25) is 0 Å². The molecule has 2 saturated carbocycles. The second-order valence-corrected chi connectivity index (χ2v) is 16.4. The molecule has 2 heteroatoms. The Hall–Kier alpha value is -1.90. The maximum absolute atomic E-state index is 7.37. The molecule has 168 valence electrons. The molecule has 0 aromatic heterocycles. The average Bonchev–Trinajstić information content (AvgIpc) is 3.10. The summed E-state index contributed by atoms with van der Waals surface area (Å²) in [5.74, 6) is 0.712. The minimum atomic E-state index is -2.48. The maximum atomic E-state index is 7.37. The lowest BCUT2D eigenvalue weighted by atomic mass is 9.55. The summed E-state index contributed by atoms with van der Waals surface area (Å²) in [7, 11) is -2.48. The molecule has 0 amide bonds. The van der Waals surface area contributed by atoms with E-state index < -0.39 is 8.32 Å². The Kier molecular flexibility index (Phi) is 5.18. The predicted octanol–water partition coefficient (Wildman–Crippen LogP) is 6.65. The van der Waals surface area contributed by atoms with Crippen molar-refractivity contribution in [1.82, 2.24) is 0 Å². The Labute approximate surface area is 195 Å². The Bertz CT molecular complexity index is 1010. The number of hydrogen-bond acceptors (Lipinski definition) is 1. The second kappa shape index (κ2) is 7.57. The summed E-state index contributed by atoms with van der Waals surface area (Å²) < 4.78 is 7.37. The van der Waals surface area contributed by atoms with Crippen LogP contribution < -0.4 is 10.4 Å². The highest BCUT2D eigenvalue weighted by atomic mass is 28.4. The van der Waals surface area contributed by atoms with Gasteiger partial charge in [0.15, 0.2) is 0 Å². The molecule has 5 rings (SSSR count). The van der Waals surface area contributed by atoms with Gasteiger partial charge in [0, 0.05) is 6.61 Å². The van der Waals surface area contributed by atoms with Crippen LogP contribution in [0.25, 0.3) is 0 Å². The summed E-state index contributed by atoms with van der Waals surface area (Å²) in [5.41, 5.74) is 3.97. The summed E-state index contributed by atoms with van der Waals surface area (Å²) in [6.45, 7) is 13.0. The SMILES string of the molecule is CC(C)(C)[Si](OC[C@@]1(C)CC2=CC=C3CC[C@@]3(C)[C@@H]2C1)(c1ccccc1)c1ccccc1. The van der Waals surface area contributed by atoms with Crippen LogP contribution in [0.5, 0.6) is 0 Å². The molecule has 1 nitrogen and oxygen atoms in total. The molecular weight excluding hydrogens is 404 g/mol. The molecule has 2 fully saturated rings. The van der Waals surface area contributed by atoms with Crippen LogP contribution in [0, 0.1) is 16.7 Å². The standard InChI is InChI=1S/C30H38OSi/c1-28(2,3)32(25-12-8-6-9-13-25,26-14-10-7-11-15-26)31-22-29(4)20-23-16-17-24-18-19-30(24,5)27(23)21-29/h6-17,27H,18-22H2,1-5H3/t27-,29+,30-/m1/s1. The summed E-state index contributed by atoms with van der Waals surface area (Å²) in [6, 6.07) is 22.2. The lowest BCUT2D eigenvalue weighted by Crippen LogP contribution is -2.67. The van der Waals surface area contributed by atoms with E-state index in [1.807, 2.05) is 0 Å². The molecule has 2 aromatic carbocycles. The van der Waals surface area contributed by atoms with Gasteiger partial charge < -0.3 is 4.43 Å². The Morgan fingerprint density at radius 1 is 0.906 bits per heavy atom. The minimum absolute atomic E-state index is 0.0331. The zero-order valence-corrected chi connectivity index (χ0v) is 21.4. The van der Waals surface area contributed by atoms with Gasteiger partial charge in [0.2, 0.25) is 0 Å². The molecule has 0 spiro atoms. The summed E-state index contributed by atoms with van der Waals surface area (Å²) >= 11 is 0. The van der Waals surface area contributed by atoms with Crippen LogP contribution in [0.15, 0.2) is 84.0 Å². The third-order valence-electron chi connectivity index (χ3n) is 8.74. The van der Waals surface area contributed by atoms with Crippen molar-refractivity contribution in [2.75, 3.05) is 6.61 Å². The third kappa shape index (κ3) is 3.30. The van der Waals surface area contributed by atoms with Crippen molar-refractivity contribution in [3.63, 3.8) is 0 Å². The molecule has 0 heterocycles. The maximum Gasteiger partial charge on any atom is 0.261 e. The highest BCUT2D eigenvalue weighted by Gasteiger charge is 2.55. The van der Waals surface area contributed by atoms with Crippen LogP contribution in [0.1, 0.15) is 60.3 Å². The van der Waals surface area contributed by atoms with E-state index in [1.165, 1.54) is 36.1 Å². The number of benzene rings is 2. The number of fused-ring (bicyclic) bond motifs is 3. The Morgan fingerprint density at radius 3 is 2.00 bits per heavy atom. The summed E-state index contributed by atoms with van der Waals surface area (Å²) in [6.07, 6.45) is 9.97. The van der Waals surface area contributed by atoms with Crippen LogP contribution >= 0.6 is 0 Å². The number of allylic oxidation sites excluding steroid dienone is 4. The van der Waals surface area contributed by atoms with Crippen molar-refractivity contribution in [1.29, 1.82) is 0 Å². The van der Waals surface area contributed by atoms with E-state index in [4.69, 9.17) is 4.43 Å². The van der Waals surface area contributed by atoms with Crippen LogP contribution in [-0.2, 0) is 4.43 Å². The monoisotopic (exact) mass is 442 g/mol. The van der Waals surface area contributed by atoms with Crippen molar-refractivity contribution < 1.29 is 4.43 Å². The normalized spacial score (nSPS) is 29.5. The van der Waals surface area contributed by atoms with Gasteiger partial charge in [-0.2, -0.15) is 0 Å². The first-order chi connectivity index (χ1) is 15.2. The van der Waals surface area contributed by atoms with E-state index >= 15 is 0 Å². The molecule has 3 aliphatic rings. The van der Waals surface area contributed by atoms with Crippen LogP contribution in [0.2, 0.25) is 5.04 Å². The predicted molar refractivity (Wildman–Crippen MR) is 138 cm³/mol. The highest BCUT2D eigenvalue weighted by Crippen LogP contribution is 2.63. The molecule has 0 N–H and O–H groups in total.